The summed E-state index contributed by atoms with van der Waals surface area (Å²) in [6, 6.07) is 6.39. The molecule has 1 saturated heterocycles. The summed E-state index contributed by atoms with van der Waals surface area (Å²) in [6.45, 7) is 4.32. The van der Waals surface area contributed by atoms with Gasteiger partial charge in [0, 0.05) is 21.0 Å². The van der Waals surface area contributed by atoms with Crippen LogP contribution in [0.4, 0.5) is 0 Å². The minimum absolute atomic E-state index is 0.0613. The first-order chi connectivity index (χ1) is 8.99. The van der Waals surface area contributed by atoms with Gasteiger partial charge in [0.05, 0.1) is 5.56 Å². The Kier molecular flexibility index (Phi) is 5.03. The second kappa shape index (κ2) is 6.37. The van der Waals surface area contributed by atoms with E-state index >= 15 is 0 Å². The molecule has 5 heteroatoms. The molecule has 104 valence electrons. The van der Waals surface area contributed by atoms with Gasteiger partial charge in [-0.2, -0.15) is 0 Å². The monoisotopic (exact) mass is 388 g/mol. The molecule has 0 radical (unpaired) electrons. The number of carbonyl (C=O) groups excluding carboxylic acids is 1. The predicted octanol–water partition coefficient (Wildman–Crippen LogP) is 4.12. The van der Waals surface area contributed by atoms with Gasteiger partial charge in [-0.15, -0.1) is 0 Å². The van der Waals surface area contributed by atoms with Gasteiger partial charge in [0.25, 0.3) is 5.91 Å². The summed E-state index contributed by atoms with van der Waals surface area (Å²) in [5.74, 6) is -0.0613. The van der Waals surface area contributed by atoms with Crippen LogP contribution >= 0.6 is 31.9 Å². The first-order valence-corrected chi connectivity index (χ1v) is 8.12. The molecule has 1 aliphatic heterocycles. The number of benzene rings is 1. The number of nitrogens with zero attached hydrogens (tertiary/aromatic N) is 1. The highest BCUT2D eigenvalue weighted by molar-refractivity contribution is 9.11. The maximum Gasteiger partial charge on any atom is 0.266 e. The van der Waals surface area contributed by atoms with E-state index in [1.54, 1.807) is 0 Å². The zero-order valence-electron chi connectivity index (χ0n) is 11.1. The summed E-state index contributed by atoms with van der Waals surface area (Å²) in [4.78, 5) is 12.4. The average Bonchev–Trinajstić information content (AvgIpc) is 2.37. The molecule has 0 aliphatic carbocycles. The molecule has 1 fully saturated rings. The van der Waals surface area contributed by atoms with Crippen molar-refractivity contribution in [3.8, 4) is 0 Å². The summed E-state index contributed by atoms with van der Waals surface area (Å²) in [7, 11) is 0. The first kappa shape index (κ1) is 15.0. The third-order valence-electron chi connectivity index (χ3n) is 3.60. The molecular formula is C14H18Br2N2O. The Bertz CT molecular complexity index is 469. The molecule has 2 unspecified atom stereocenters. The van der Waals surface area contributed by atoms with Crippen LogP contribution < -0.4 is 5.43 Å². The lowest BCUT2D eigenvalue weighted by Gasteiger charge is -2.38. The molecule has 2 atom stereocenters. The number of nitrogens with one attached hydrogen (secondary N) is 1. The van der Waals surface area contributed by atoms with Gasteiger partial charge in [0.1, 0.15) is 0 Å². The smallest absolute Gasteiger partial charge is 0.266 e. The molecule has 0 spiro atoms. The standard InChI is InChI=1S/C14H18Br2N2O/c1-9-4-3-5-10(2)18(9)17-14(19)12-8-11(15)6-7-13(12)16/h6-10H,3-5H2,1-2H3,(H,17,19). The summed E-state index contributed by atoms with van der Waals surface area (Å²) in [6.07, 6.45) is 3.49. The Hall–Kier alpha value is -0.390. The van der Waals surface area contributed by atoms with Crippen molar-refractivity contribution in [1.29, 1.82) is 0 Å². The summed E-state index contributed by atoms with van der Waals surface area (Å²) in [5, 5.41) is 2.08. The minimum Gasteiger partial charge on any atom is -0.284 e. The van der Waals surface area contributed by atoms with E-state index in [0.29, 0.717) is 17.6 Å². The van der Waals surface area contributed by atoms with E-state index in [4.69, 9.17) is 0 Å². The van der Waals surface area contributed by atoms with Crippen molar-refractivity contribution in [2.24, 2.45) is 0 Å². The summed E-state index contributed by atoms with van der Waals surface area (Å²) >= 11 is 6.83. The molecular weight excluding hydrogens is 372 g/mol. The van der Waals surface area contributed by atoms with Crippen molar-refractivity contribution in [3.63, 3.8) is 0 Å². The van der Waals surface area contributed by atoms with Crippen molar-refractivity contribution in [3.05, 3.63) is 32.7 Å². The number of rotatable bonds is 2. The van der Waals surface area contributed by atoms with Crippen molar-refractivity contribution in [2.75, 3.05) is 0 Å². The molecule has 19 heavy (non-hydrogen) atoms. The third kappa shape index (κ3) is 3.58. The van der Waals surface area contributed by atoms with E-state index in [1.807, 2.05) is 18.2 Å². The van der Waals surface area contributed by atoms with Crippen LogP contribution in [-0.4, -0.2) is 23.0 Å². The van der Waals surface area contributed by atoms with Gasteiger partial charge in [0.2, 0.25) is 0 Å². The van der Waals surface area contributed by atoms with E-state index in [2.05, 4.69) is 56.1 Å². The molecule has 1 N–H and O–H groups in total. The zero-order chi connectivity index (χ0) is 14.0. The number of carbonyl (C=O) groups is 1. The van der Waals surface area contributed by atoms with Crippen LogP contribution in [-0.2, 0) is 0 Å². The Morgan fingerprint density at radius 3 is 2.53 bits per heavy atom. The van der Waals surface area contributed by atoms with Crippen molar-refractivity contribution >= 4 is 37.8 Å². The largest absolute Gasteiger partial charge is 0.284 e. The normalized spacial score (nSPS) is 24.2. The number of hydrazine groups is 1. The summed E-state index contributed by atoms with van der Waals surface area (Å²) < 4.78 is 1.71. The van der Waals surface area contributed by atoms with E-state index in [9.17, 15) is 4.79 Å². The third-order valence-corrected chi connectivity index (χ3v) is 4.78. The molecule has 0 saturated carbocycles. The molecule has 1 amide bonds. The summed E-state index contributed by atoms with van der Waals surface area (Å²) in [5.41, 5.74) is 3.70. The quantitative estimate of drug-likeness (QED) is 0.824. The van der Waals surface area contributed by atoms with Crippen molar-refractivity contribution < 1.29 is 4.79 Å². The Morgan fingerprint density at radius 1 is 1.26 bits per heavy atom. The van der Waals surface area contributed by atoms with E-state index in [1.165, 1.54) is 6.42 Å². The van der Waals surface area contributed by atoms with Crippen LogP contribution in [0.3, 0.4) is 0 Å². The van der Waals surface area contributed by atoms with Gasteiger partial charge in [0.15, 0.2) is 0 Å². The molecule has 0 aromatic heterocycles. The number of halogens is 2. The highest BCUT2D eigenvalue weighted by Crippen LogP contribution is 2.24. The van der Waals surface area contributed by atoms with Crippen LogP contribution in [0.5, 0.6) is 0 Å². The highest BCUT2D eigenvalue weighted by atomic mass is 79.9. The van der Waals surface area contributed by atoms with Gasteiger partial charge in [-0.3, -0.25) is 10.2 Å². The number of amides is 1. The lowest BCUT2D eigenvalue weighted by atomic mass is 10.00. The number of hydrogen-bond acceptors (Lipinski definition) is 2. The lowest BCUT2D eigenvalue weighted by molar-refractivity contribution is 0.0369. The van der Waals surface area contributed by atoms with Gasteiger partial charge < -0.3 is 0 Å². The fourth-order valence-electron chi connectivity index (χ4n) is 2.49. The van der Waals surface area contributed by atoms with Crippen LogP contribution in [0.1, 0.15) is 43.5 Å². The Labute approximate surface area is 131 Å². The minimum atomic E-state index is -0.0613. The lowest BCUT2D eigenvalue weighted by Crippen LogP contribution is -2.54. The molecule has 3 nitrogen and oxygen atoms in total. The predicted molar refractivity (Wildman–Crippen MR) is 83.9 cm³/mol. The maximum absolute atomic E-state index is 12.4. The second-order valence-electron chi connectivity index (χ2n) is 5.10. The molecule has 1 aromatic carbocycles. The fourth-order valence-corrected chi connectivity index (χ4v) is 3.28. The van der Waals surface area contributed by atoms with Gasteiger partial charge in [-0.1, -0.05) is 22.4 Å². The van der Waals surface area contributed by atoms with Gasteiger partial charge in [-0.25, -0.2) is 5.01 Å². The Morgan fingerprint density at radius 2 is 1.89 bits per heavy atom. The molecule has 1 aromatic rings. The van der Waals surface area contributed by atoms with Crippen LogP contribution in [0, 0.1) is 0 Å². The maximum atomic E-state index is 12.4. The number of piperidine rings is 1. The number of hydrogen-bond donors (Lipinski definition) is 1. The van der Waals surface area contributed by atoms with Gasteiger partial charge >= 0.3 is 0 Å². The molecule has 2 rings (SSSR count). The van der Waals surface area contributed by atoms with E-state index in [0.717, 1.165) is 21.8 Å². The first-order valence-electron chi connectivity index (χ1n) is 6.53. The fraction of sp³-hybridized carbons (Fsp3) is 0.500. The Balaban J connectivity index is 2.14. The molecule has 1 heterocycles. The average molecular weight is 390 g/mol. The van der Waals surface area contributed by atoms with Gasteiger partial charge in [-0.05, 0) is 60.8 Å². The van der Waals surface area contributed by atoms with E-state index < -0.39 is 0 Å². The SMILES string of the molecule is CC1CCCC(C)N1NC(=O)c1cc(Br)ccc1Br. The zero-order valence-corrected chi connectivity index (χ0v) is 14.3. The second-order valence-corrected chi connectivity index (χ2v) is 6.87. The van der Waals surface area contributed by atoms with Crippen LogP contribution in [0.15, 0.2) is 27.1 Å². The highest BCUT2D eigenvalue weighted by Gasteiger charge is 2.26. The van der Waals surface area contributed by atoms with Crippen molar-refractivity contribution in [2.45, 2.75) is 45.2 Å². The molecule has 1 aliphatic rings. The van der Waals surface area contributed by atoms with E-state index in [-0.39, 0.29) is 5.91 Å². The van der Waals surface area contributed by atoms with Crippen LogP contribution in [0.25, 0.3) is 0 Å². The van der Waals surface area contributed by atoms with Crippen LogP contribution in [0.2, 0.25) is 0 Å². The van der Waals surface area contributed by atoms with Crippen molar-refractivity contribution in [1.82, 2.24) is 10.4 Å². The topological polar surface area (TPSA) is 32.3 Å². The molecule has 0 bridgehead atoms.